The molecule has 0 bridgehead atoms. The number of aliphatic imine (C=N–C) groups is 1. The van der Waals surface area contributed by atoms with Gasteiger partial charge in [0.1, 0.15) is 18.1 Å². The van der Waals surface area contributed by atoms with Crippen LogP contribution in [-0.2, 0) is 24.3 Å². The second-order valence-corrected chi connectivity index (χ2v) is 9.27. The van der Waals surface area contributed by atoms with E-state index in [1.807, 2.05) is 58.9 Å². The molecule has 1 aliphatic heterocycles. The molecule has 0 radical (unpaired) electrons. The van der Waals surface area contributed by atoms with Crippen molar-refractivity contribution >= 4 is 17.6 Å². The van der Waals surface area contributed by atoms with Crippen molar-refractivity contribution in [3.8, 4) is 5.75 Å². The molecule has 0 unspecified atom stereocenters. The van der Waals surface area contributed by atoms with E-state index in [1.54, 1.807) is 0 Å². The van der Waals surface area contributed by atoms with E-state index in [0.29, 0.717) is 12.5 Å². The van der Waals surface area contributed by atoms with Crippen molar-refractivity contribution in [2.45, 2.75) is 78.6 Å². The Morgan fingerprint density at radius 2 is 1.94 bits per heavy atom. The average Bonchev–Trinajstić information content (AvgIpc) is 3.13. The van der Waals surface area contributed by atoms with Crippen molar-refractivity contribution < 1.29 is 9.53 Å². The second-order valence-electron chi connectivity index (χ2n) is 9.27. The van der Waals surface area contributed by atoms with Crippen molar-refractivity contribution in [3.63, 3.8) is 0 Å². The van der Waals surface area contributed by atoms with Crippen LogP contribution in [0.1, 0.15) is 59.1 Å². The van der Waals surface area contributed by atoms with E-state index in [0.717, 1.165) is 48.9 Å². The Hall–Kier alpha value is -3.10. The highest BCUT2D eigenvalue weighted by atomic mass is 16.5. The summed E-state index contributed by atoms with van der Waals surface area (Å²) >= 11 is 0. The third kappa shape index (κ3) is 7.25. The Balaban J connectivity index is 1.70. The number of nitrogens with zero attached hydrogens (tertiary/aromatic N) is 4. The predicted molar refractivity (Wildman–Crippen MR) is 126 cm³/mol. The number of amides is 1. The maximum atomic E-state index is 12.3. The van der Waals surface area contributed by atoms with Gasteiger partial charge in [-0.2, -0.15) is 0 Å². The molecule has 2 heterocycles. The number of fused-ring (bicyclic) bond motifs is 1. The van der Waals surface area contributed by atoms with Gasteiger partial charge in [0, 0.05) is 24.2 Å². The van der Waals surface area contributed by atoms with E-state index in [4.69, 9.17) is 4.74 Å². The Morgan fingerprint density at radius 1 is 1.19 bits per heavy atom. The molecule has 0 aliphatic carbocycles. The van der Waals surface area contributed by atoms with Gasteiger partial charge in [-0.25, -0.2) is 4.99 Å². The van der Waals surface area contributed by atoms with Crippen LogP contribution in [-0.4, -0.2) is 44.8 Å². The third-order valence-corrected chi connectivity index (χ3v) is 4.73. The number of aryl methyl sites for hydroxylation is 1. The number of carbonyl (C=O) groups is 1. The number of carbonyl (C=O) groups excluding carboxylic acids is 1. The standard InChI is InChI=1S/C23H35N7O2/c1-16(2)32-18-11-9-17(10-12-18)26-22(25-15-21(31)27-23(3,4)5)24-14-20-29-28-19-8-6-7-13-30(19)20/h9-12,16H,6-8,13-15H2,1-5H3,(H,27,31)(H2,24,25,26). The summed E-state index contributed by atoms with van der Waals surface area (Å²) < 4.78 is 7.85. The molecule has 1 amide bonds. The van der Waals surface area contributed by atoms with Gasteiger partial charge in [-0.3, -0.25) is 4.79 Å². The summed E-state index contributed by atoms with van der Waals surface area (Å²) in [6.45, 7) is 11.2. The van der Waals surface area contributed by atoms with Crippen molar-refractivity contribution in [1.29, 1.82) is 0 Å². The molecular weight excluding hydrogens is 406 g/mol. The summed E-state index contributed by atoms with van der Waals surface area (Å²) in [5, 5.41) is 17.9. The second kappa shape index (κ2) is 10.5. The molecule has 0 saturated carbocycles. The molecule has 1 aromatic carbocycles. The molecule has 0 spiro atoms. The van der Waals surface area contributed by atoms with E-state index in [1.165, 1.54) is 0 Å². The lowest BCUT2D eigenvalue weighted by Crippen LogP contribution is -2.46. The smallest absolute Gasteiger partial charge is 0.239 e. The topological polar surface area (TPSA) is 105 Å². The maximum Gasteiger partial charge on any atom is 0.239 e. The van der Waals surface area contributed by atoms with Crippen LogP contribution in [0.25, 0.3) is 0 Å². The largest absolute Gasteiger partial charge is 0.491 e. The summed E-state index contributed by atoms with van der Waals surface area (Å²) in [7, 11) is 0. The van der Waals surface area contributed by atoms with Gasteiger partial charge >= 0.3 is 0 Å². The molecule has 3 N–H and O–H groups in total. The summed E-state index contributed by atoms with van der Waals surface area (Å²) in [5.74, 6) is 3.05. The summed E-state index contributed by atoms with van der Waals surface area (Å²) in [6.07, 6.45) is 3.35. The van der Waals surface area contributed by atoms with Gasteiger partial charge in [0.05, 0.1) is 12.6 Å². The van der Waals surface area contributed by atoms with E-state index in [9.17, 15) is 4.79 Å². The first-order chi connectivity index (χ1) is 15.2. The number of benzene rings is 1. The summed E-state index contributed by atoms with van der Waals surface area (Å²) in [5.41, 5.74) is 0.544. The molecule has 1 aliphatic rings. The Morgan fingerprint density at radius 3 is 2.62 bits per heavy atom. The van der Waals surface area contributed by atoms with Crippen molar-refractivity contribution in [2.24, 2.45) is 4.99 Å². The fraction of sp³-hybridized carbons (Fsp3) is 0.565. The summed E-state index contributed by atoms with van der Waals surface area (Å²) in [6, 6.07) is 7.65. The SMILES string of the molecule is CC(C)Oc1ccc(NC(=NCc2nnc3n2CCCC3)NCC(=O)NC(C)(C)C)cc1. The quantitative estimate of drug-likeness (QED) is 0.451. The highest BCUT2D eigenvalue weighted by molar-refractivity contribution is 5.96. The van der Waals surface area contributed by atoms with Gasteiger partial charge in [0.2, 0.25) is 5.91 Å². The zero-order chi connectivity index (χ0) is 23.1. The molecule has 2 aromatic rings. The first-order valence-electron chi connectivity index (χ1n) is 11.2. The first kappa shape index (κ1) is 23.6. The van der Waals surface area contributed by atoms with Crippen LogP contribution in [0.2, 0.25) is 0 Å². The molecule has 0 fully saturated rings. The zero-order valence-corrected chi connectivity index (χ0v) is 19.7. The van der Waals surface area contributed by atoms with Crippen LogP contribution in [0.15, 0.2) is 29.3 Å². The van der Waals surface area contributed by atoms with Crippen LogP contribution >= 0.6 is 0 Å². The lowest BCUT2D eigenvalue weighted by Gasteiger charge is -2.21. The molecule has 9 heteroatoms. The van der Waals surface area contributed by atoms with E-state index >= 15 is 0 Å². The monoisotopic (exact) mass is 441 g/mol. The van der Waals surface area contributed by atoms with Gasteiger partial charge in [0.15, 0.2) is 11.8 Å². The number of ether oxygens (including phenoxy) is 1. The van der Waals surface area contributed by atoms with Crippen molar-refractivity contribution in [3.05, 3.63) is 35.9 Å². The number of anilines is 1. The molecule has 9 nitrogen and oxygen atoms in total. The normalized spacial score (nSPS) is 14.1. The number of rotatable bonds is 7. The van der Waals surface area contributed by atoms with Crippen molar-refractivity contribution in [2.75, 3.05) is 11.9 Å². The highest BCUT2D eigenvalue weighted by Gasteiger charge is 2.16. The molecular formula is C23H35N7O2. The average molecular weight is 442 g/mol. The van der Waals surface area contributed by atoms with Crippen molar-refractivity contribution in [1.82, 2.24) is 25.4 Å². The van der Waals surface area contributed by atoms with Gasteiger partial charge in [-0.1, -0.05) is 0 Å². The van der Waals surface area contributed by atoms with E-state index < -0.39 is 0 Å². The molecule has 3 rings (SSSR count). The van der Waals surface area contributed by atoms with Crippen LogP contribution in [0.4, 0.5) is 5.69 Å². The molecule has 174 valence electrons. The summed E-state index contributed by atoms with van der Waals surface area (Å²) in [4.78, 5) is 17.0. The van der Waals surface area contributed by atoms with Crippen LogP contribution in [0.5, 0.6) is 5.75 Å². The molecule has 0 atom stereocenters. The Labute approximate surface area is 190 Å². The third-order valence-electron chi connectivity index (χ3n) is 4.73. The van der Waals surface area contributed by atoms with Gasteiger partial charge < -0.3 is 25.3 Å². The lowest BCUT2D eigenvalue weighted by molar-refractivity contribution is -0.121. The van der Waals surface area contributed by atoms with Crippen LogP contribution in [0, 0.1) is 0 Å². The minimum Gasteiger partial charge on any atom is -0.491 e. The van der Waals surface area contributed by atoms with Crippen LogP contribution < -0.4 is 20.7 Å². The highest BCUT2D eigenvalue weighted by Crippen LogP contribution is 2.17. The number of guanidine groups is 1. The van der Waals surface area contributed by atoms with Crippen LogP contribution in [0.3, 0.4) is 0 Å². The van der Waals surface area contributed by atoms with E-state index in [2.05, 4.69) is 35.7 Å². The van der Waals surface area contributed by atoms with Gasteiger partial charge in [0.25, 0.3) is 0 Å². The Kier molecular flexibility index (Phi) is 7.71. The predicted octanol–water partition coefficient (Wildman–Crippen LogP) is 2.87. The Bertz CT molecular complexity index is 927. The van der Waals surface area contributed by atoms with Gasteiger partial charge in [-0.05, 0) is 71.7 Å². The molecule has 32 heavy (non-hydrogen) atoms. The fourth-order valence-corrected chi connectivity index (χ4v) is 3.43. The first-order valence-corrected chi connectivity index (χ1v) is 11.2. The molecule has 1 aromatic heterocycles. The lowest BCUT2D eigenvalue weighted by atomic mass is 10.1. The number of nitrogens with one attached hydrogen (secondary N) is 3. The minimum absolute atomic E-state index is 0.104. The fourth-order valence-electron chi connectivity index (χ4n) is 3.43. The minimum atomic E-state index is -0.295. The van der Waals surface area contributed by atoms with Gasteiger partial charge in [-0.15, -0.1) is 10.2 Å². The van der Waals surface area contributed by atoms with E-state index in [-0.39, 0.29) is 24.1 Å². The number of hydrogen-bond donors (Lipinski definition) is 3. The number of aromatic nitrogens is 3. The maximum absolute atomic E-state index is 12.3. The zero-order valence-electron chi connectivity index (χ0n) is 19.7. The number of hydrogen-bond acceptors (Lipinski definition) is 5. The molecule has 0 saturated heterocycles.